The zero-order chi connectivity index (χ0) is 25.3. The molecule has 0 aromatic heterocycles. The summed E-state index contributed by atoms with van der Waals surface area (Å²) in [7, 11) is -3.11. The summed E-state index contributed by atoms with van der Waals surface area (Å²) < 4.78 is 72.0. The van der Waals surface area contributed by atoms with Gasteiger partial charge in [-0.2, -0.15) is 13.2 Å². The van der Waals surface area contributed by atoms with Gasteiger partial charge in [-0.3, -0.25) is 9.52 Å². The molecule has 0 spiro atoms. The van der Waals surface area contributed by atoms with E-state index in [0.29, 0.717) is 11.1 Å². The molecular formula is C21H14Cl3F3N2O4S. The van der Waals surface area contributed by atoms with E-state index in [9.17, 15) is 26.4 Å². The zero-order valence-corrected chi connectivity index (χ0v) is 20.1. The highest BCUT2D eigenvalue weighted by molar-refractivity contribution is 7.92. The molecule has 6 nitrogen and oxygen atoms in total. The third kappa shape index (κ3) is 5.87. The summed E-state index contributed by atoms with van der Waals surface area (Å²) in [6, 6.07) is 9.90. The van der Waals surface area contributed by atoms with Crippen LogP contribution in [0.1, 0.15) is 15.9 Å². The number of halogens is 6. The summed E-state index contributed by atoms with van der Waals surface area (Å²) in [5.74, 6) is -0.558. The van der Waals surface area contributed by atoms with Crippen LogP contribution in [0.5, 0.6) is 5.75 Å². The van der Waals surface area contributed by atoms with Gasteiger partial charge in [0.05, 0.1) is 44.6 Å². The predicted molar refractivity (Wildman–Crippen MR) is 125 cm³/mol. The number of amides is 1. The van der Waals surface area contributed by atoms with Gasteiger partial charge in [-0.1, -0.05) is 34.8 Å². The number of alkyl halides is 3. The molecule has 0 fully saturated rings. The minimum atomic E-state index is -4.70. The summed E-state index contributed by atoms with van der Waals surface area (Å²) >= 11 is 17.8. The van der Waals surface area contributed by atoms with Crippen LogP contribution in [-0.2, 0) is 16.2 Å². The highest BCUT2D eigenvalue weighted by atomic mass is 35.5. The van der Waals surface area contributed by atoms with Gasteiger partial charge in [-0.15, -0.1) is 0 Å². The molecule has 180 valence electrons. The number of hydrogen-bond donors (Lipinski definition) is 2. The average Bonchev–Trinajstić information content (AvgIpc) is 2.74. The lowest BCUT2D eigenvalue weighted by Gasteiger charge is -2.15. The van der Waals surface area contributed by atoms with Gasteiger partial charge in [-0.25, -0.2) is 8.42 Å². The Balaban J connectivity index is 1.95. The molecule has 0 aliphatic rings. The normalized spacial score (nSPS) is 11.7. The summed E-state index contributed by atoms with van der Waals surface area (Å²) in [5, 5.41) is 2.63. The SMILES string of the molecule is COc1ccc(S(=O)(=O)Nc2cc(C(F)(F)F)ccc2Cl)cc1NC(=O)c1ccc(Cl)cc1Cl. The molecule has 0 saturated carbocycles. The number of carbonyl (C=O) groups excluding carboxylic acids is 1. The molecule has 1 amide bonds. The molecule has 3 aromatic carbocycles. The Morgan fingerprint density at radius 2 is 1.62 bits per heavy atom. The fourth-order valence-electron chi connectivity index (χ4n) is 2.80. The molecule has 0 bridgehead atoms. The van der Waals surface area contributed by atoms with Crippen molar-refractivity contribution in [3.05, 3.63) is 80.8 Å². The van der Waals surface area contributed by atoms with Crippen molar-refractivity contribution < 1.29 is 31.1 Å². The van der Waals surface area contributed by atoms with Gasteiger partial charge in [0.25, 0.3) is 15.9 Å². The molecule has 0 saturated heterocycles. The van der Waals surface area contributed by atoms with Crippen molar-refractivity contribution in [1.82, 2.24) is 0 Å². The lowest BCUT2D eigenvalue weighted by atomic mass is 10.2. The third-order valence-corrected chi connectivity index (χ3v) is 6.68. The molecule has 0 heterocycles. The Morgan fingerprint density at radius 1 is 0.912 bits per heavy atom. The van der Waals surface area contributed by atoms with Crippen LogP contribution in [0, 0.1) is 0 Å². The maximum atomic E-state index is 13.0. The van der Waals surface area contributed by atoms with Crippen LogP contribution in [0.3, 0.4) is 0 Å². The Labute approximate surface area is 207 Å². The first kappa shape index (κ1) is 26.0. The summed E-state index contributed by atoms with van der Waals surface area (Å²) in [5.41, 5.74) is -1.52. The number of methoxy groups -OCH3 is 1. The predicted octanol–water partition coefficient (Wildman–Crippen LogP) is 6.73. The van der Waals surface area contributed by atoms with Crippen molar-refractivity contribution in [1.29, 1.82) is 0 Å². The standard InChI is InChI=1S/C21H14Cl3F3N2O4S/c1-33-19-7-4-13(10-18(19)28-20(30)14-5-3-12(22)9-16(14)24)34(31,32)29-17-8-11(21(25,26)27)2-6-15(17)23/h2-10,29H,1H3,(H,28,30). The fraction of sp³-hybridized carbons (Fsp3) is 0.0952. The monoisotopic (exact) mass is 552 g/mol. The van der Waals surface area contributed by atoms with E-state index in [0.717, 1.165) is 24.3 Å². The number of hydrogen-bond acceptors (Lipinski definition) is 4. The van der Waals surface area contributed by atoms with Crippen molar-refractivity contribution in [3.8, 4) is 5.75 Å². The third-order valence-electron chi connectivity index (χ3n) is 4.44. The van der Waals surface area contributed by atoms with Crippen molar-refractivity contribution >= 4 is 62.1 Å². The first-order valence-corrected chi connectivity index (χ1v) is 11.8. The number of benzene rings is 3. The Hall–Kier alpha value is -2.66. The first-order valence-electron chi connectivity index (χ1n) is 9.16. The van der Waals surface area contributed by atoms with Gasteiger partial charge >= 0.3 is 6.18 Å². The second-order valence-corrected chi connectivity index (χ2v) is 9.67. The van der Waals surface area contributed by atoms with E-state index in [1.54, 1.807) is 0 Å². The smallest absolute Gasteiger partial charge is 0.416 e. The van der Waals surface area contributed by atoms with Crippen LogP contribution in [0.15, 0.2) is 59.5 Å². The number of nitrogens with one attached hydrogen (secondary N) is 2. The van der Waals surface area contributed by atoms with Gasteiger partial charge in [0.1, 0.15) is 5.75 Å². The molecule has 0 unspecified atom stereocenters. The summed E-state index contributed by atoms with van der Waals surface area (Å²) in [6.07, 6.45) is -4.70. The van der Waals surface area contributed by atoms with Gasteiger partial charge in [0, 0.05) is 5.02 Å². The molecule has 3 rings (SSSR count). The molecule has 34 heavy (non-hydrogen) atoms. The Bertz CT molecular complexity index is 1370. The Kier molecular flexibility index (Phi) is 7.56. The fourth-order valence-corrected chi connectivity index (χ4v) is 4.61. The first-order chi connectivity index (χ1) is 15.8. The molecule has 0 aliphatic heterocycles. The summed E-state index contributed by atoms with van der Waals surface area (Å²) in [6.45, 7) is 0. The molecule has 13 heteroatoms. The van der Waals surface area contributed by atoms with E-state index >= 15 is 0 Å². The highest BCUT2D eigenvalue weighted by Gasteiger charge is 2.31. The number of sulfonamides is 1. The van der Waals surface area contributed by atoms with Gasteiger partial charge in [-0.05, 0) is 54.6 Å². The molecule has 0 atom stereocenters. The molecule has 3 aromatic rings. The molecular weight excluding hydrogens is 540 g/mol. The highest BCUT2D eigenvalue weighted by Crippen LogP contribution is 2.35. The van der Waals surface area contributed by atoms with Gasteiger partial charge < -0.3 is 10.1 Å². The number of ether oxygens (including phenoxy) is 1. The Morgan fingerprint density at radius 3 is 2.24 bits per heavy atom. The minimum absolute atomic E-state index is 0.0310. The average molecular weight is 554 g/mol. The van der Waals surface area contributed by atoms with E-state index in [-0.39, 0.29) is 31.9 Å². The molecule has 2 N–H and O–H groups in total. The molecule has 0 aliphatic carbocycles. The zero-order valence-electron chi connectivity index (χ0n) is 17.0. The second kappa shape index (κ2) is 9.91. The van der Waals surface area contributed by atoms with Crippen LogP contribution in [-0.4, -0.2) is 21.4 Å². The van der Waals surface area contributed by atoms with Crippen molar-refractivity contribution in [2.24, 2.45) is 0 Å². The van der Waals surface area contributed by atoms with Crippen LogP contribution < -0.4 is 14.8 Å². The second-order valence-electron chi connectivity index (χ2n) is 6.74. The number of carbonyl (C=O) groups is 1. The van der Waals surface area contributed by atoms with Crippen LogP contribution >= 0.6 is 34.8 Å². The maximum Gasteiger partial charge on any atom is 0.416 e. The quantitative estimate of drug-likeness (QED) is 0.355. The van der Waals surface area contributed by atoms with Crippen LogP contribution in [0.2, 0.25) is 15.1 Å². The lowest BCUT2D eigenvalue weighted by Crippen LogP contribution is -2.16. The van der Waals surface area contributed by atoms with Crippen molar-refractivity contribution in [2.75, 3.05) is 17.1 Å². The minimum Gasteiger partial charge on any atom is -0.495 e. The molecule has 0 radical (unpaired) electrons. The number of anilines is 2. The van der Waals surface area contributed by atoms with Crippen molar-refractivity contribution in [2.45, 2.75) is 11.1 Å². The van der Waals surface area contributed by atoms with E-state index in [4.69, 9.17) is 39.5 Å². The maximum absolute atomic E-state index is 13.0. The van der Waals surface area contributed by atoms with Crippen LogP contribution in [0.4, 0.5) is 24.5 Å². The number of rotatable bonds is 6. The summed E-state index contributed by atoms with van der Waals surface area (Å²) in [4.78, 5) is 12.3. The van der Waals surface area contributed by atoms with E-state index < -0.39 is 33.4 Å². The van der Waals surface area contributed by atoms with E-state index in [2.05, 4.69) is 5.32 Å². The largest absolute Gasteiger partial charge is 0.495 e. The lowest BCUT2D eigenvalue weighted by molar-refractivity contribution is -0.137. The van der Waals surface area contributed by atoms with Gasteiger partial charge in [0.2, 0.25) is 0 Å². The van der Waals surface area contributed by atoms with Gasteiger partial charge in [0.15, 0.2) is 0 Å². The van der Waals surface area contributed by atoms with Crippen LogP contribution in [0.25, 0.3) is 0 Å². The van der Waals surface area contributed by atoms with E-state index in [1.165, 1.54) is 31.4 Å². The van der Waals surface area contributed by atoms with E-state index in [1.807, 2.05) is 4.72 Å². The van der Waals surface area contributed by atoms with Crippen molar-refractivity contribution in [3.63, 3.8) is 0 Å². The topological polar surface area (TPSA) is 84.5 Å².